The Labute approximate surface area is 118 Å². The summed E-state index contributed by atoms with van der Waals surface area (Å²) in [5.41, 5.74) is 7.09. The van der Waals surface area contributed by atoms with E-state index < -0.39 is 0 Å². The number of amidine groups is 1. The van der Waals surface area contributed by atoms with Gasteiger partial charge in [0, 0.05) is 18.8 Å². The molecule has 2 heterocycles. The summed E-state index contributed by atoms with van der Waals surface area (Å²) in [7, 11) is 0. The van der Waals surface area contributed by atoms with E-state index in [4.69, 9.17) is 10.9 Å². The molecule has 1 fully saturated rings. The number of hydrogen-bond acceptors (Lipinski definition) is 5. The smallest absolute Gasteiger partial charge is 0.188 e. The Hall–Kier alpha value is -1.66. The fourth-order valence-corrected chi connectivity index (χ4v) is 2.65. The summed E-state index contributed by atoms with van der Waals surface area (Å²) in [5, 5.41) is 21.2. The van der Waals surface area contributed by atoms with Gasteiger partial charge in [0.2, 0.25) is 0 Å². The maximum Gasteiger partial charge on any atom is 0.188 e. The molecule has 6 nitrogen and oxygen atoms in total. The molecule has 0 aliphatic carbocycles. The molecule has 20 heavy (non-hydrogen) atoms. The van der Waals surface area contributed by atoms with Gasteiger partial charge in [0.05, 0.1) is 6.61 Å². The second kappa shape index (κ2) is 7.21. The van der Waals surface area contributed by atoms with Crippen LogP contribution >= 0.6 is 0 Å². The number of rotatable bonds is 4. The predicted molar refractivity (Wildman–Crippen MR) is 76.5 cm³/mol. The molecule has 0 aromatic carbocycles. The molecule has 1 unspecified atom stereocenters. The second-order valence-corrected chi connectivity index (χ2v) is 5.19. The van der Waals surface area contributed by atoms with Crippen LogP contribution in [0.1, 0.15) is 36.9 Å². The molecule has 0 radical (unpaired) electrons. The first-order valence-electron chi connectivity index (χ1n) is 7.02. The van der Waals surface area contributed by atoms with Crippen LogP contribution in [0.5, 0.6) is 0 Å². The first kappa shape index (κ1) is 14.7. The summed E-state index contributed by atoms with van der Waals surface area (Å²) < 4.78 is 0. The lowest BCUT2D eigenvalue weighted by Gasteiger charge is -2.28. The van der Waals surface area contributed by atoms with Crippen LogP contribution in [0.15, 0.2) is 23.5 Å². The molecule has 0 amide bonds. The van der Waals surface area contributed by atoms with Gasteiger partial charge in [-0.3, -0.25) is 9.88 Å². The van der Waals surface area contributed by atoms with Gasteiger partial charge in [-0.15, -0.1) is 0 Å². The van der Waals surface area contributed by atoms with Gasteiger partial charge in [-0.25, -0.2) is 0 Å². The van der Waals surface area contributed by atoms with Crippen LogP contribution in [0.25, 0.3) is 0 Å². The maximum atomic E-state index is 9.52. The third-order valence-electron chi connectivity index (χ3n) is 3.79. The van der Waals surface area contributed by atoms with Crippen molar-refractivity contribution in [1.82, 2.24) is 9.88 Å². The van der Waals surface area contributed by atoms with E-state index in [9.17, 15) is 5.11 Å². The Bertz CT molecular complexity index is 464. The fraction of sp³-hybridized carbons (Fsp3) is 0.571. The van der Waals surface area contributed by atoms with Crippen LogP contribution in [-0.4, -0.2) is 45.2 Å². The summed E-state index contributed by atoms with van der Waals surface area (Å²) in [4.78, 5) is 6.38. The highest BCUT2D eigenvalue weighted by Crippen LogP contribution is 2.19. The number of aliphatic hydroxyl groups is 1. The standard InChI is InChI=1S/C14H22N4O2/c15-14(17-20)13-8-11(5-6-16-13)9-18-7-3-1-2-4-12(18)10-19/h5-6,8,12,19-20H,1-4,7,9-10H2,(H2,15,17). The number of pyridine rings is 1. The molecule has 0 bridgehead atoms. The molecule has 2 rings (SSSR count). The van der Waals surface area contributed by atoms with Crippen LogP contribution < -0.4 is 5.73 Å². The average Bonchev–Trinajstić information content (AvgIpc) is 2.71. The van der Waals surface area contributed by atoms with Gasteiger partial charge < -0.3 is 16.0 Å². The van der Waals surface area contributed by atoms with E-state index >= 15 is 0 Å². The molecular formula is C14H22N4O2. The first-order chi connectivity index (χ1) is 9.74. The molecule has 0 saturated carbocycles. The largest absolute Gasteiger partial charge is 0.409 e. The van der Waals surface area contributed by atoms with E-state index in [-0.39, 0.29) is 18.5 Å². The lowest BCUT2D eigenvalue weighted by molar-refractivity contribution is 0.118. The lowest BCUT2D eigenvalue weighted by Crippen LogP contribution is -2.37. The van der Waals surface area contributed by atoms with E-state index in [1.54, 1.807) is 6.20 Å². The van der Waals surface area contributed by atoms with Crippen molar-refractivity contribution < 1.29 is 10.3 Å². The minimum atomic E-state index is 0.0152. The van der Waals surface area contributed by atoms with Crippen LogP contribution in [-0.2, 0) is 6.54 Å². The summed E-state index contributed by atoms with van der Waals surface area (Å²) >= 11 is 0. The van der Waals surface area contributed by atoms with Crippen molar-refractivity contribution in [2.24, 2.45) is 10.9 Å². The van der Waals surface area contributed by atoms with E-state index in [0.29, 0.717) is 5.69 Å². The molecule has 1 aliphatic rings. The summed E-state index contributed by atoms with van der Waals surface area (Å²) in [6.45, 7) is 1.93. The Kier molecular flexibility index (Phi) is 5.31. The van der Waals surface area contributed by atoms with Gasteiger partial charge in [-0.2, -0.15) is 0 Å². The lowest BCUT2D eigenvalue weighted by atomic mass is 10.1. The van der Waals surface area contributed by atoms with Gasteiger partial charge in [-0.1, -0.05) is 18.0 Å². The molecule has 6 heteroatoms. The fourth-order valence-electron chi connectivity index (χ4n) is 2.65. The molecule has 1 aliphatic heterocycles. The zero-order valence-corrected chi connectivity index (χ0v) is 11.6. The van der Waals surface area contributed by atoms with Crippen molar-refractivity contribution >= 4 is 5.84 Å². The highest BCUT2D eigenvalue weighted by atomic mass is 16.4. The zero-order valence-electron chi connectivity index (χ0n) is 11.6. The minimum absolute atomic E-state index is 0.0152. The van der Waals surface area contributed by atoms with Gasteiger partial charge in [-0.05, 0) is 37.1 Å². The van der Waals surface area contributed by atoms with Gasteiger partial charge in [0.15, 0.2) is 5.84 Å². The predicted octanol–water partition coefficient (Wildman–Crippen LogP) is 0.913. The Morgan fingerprint density at radius 3 is 3.05 bits per heavy atom. The number of aromatic nitrogens is 1. The number of nitrogens with zero attached hydrogens (tertiary/aromatic N) is 3. The number of oxime groups is 1. The molecule has 4 N–H and O–H groups in total. The highest BCUT2D eigenvalue weighted by molar-refractivity contribution is 5.95. The molecular weight excluding hydrogens is 256 g/mol. The Morgan fingerprint density at radius 2 is 2.30 bits per heavy atom. The third-order valence-corrected chi connectivity index (χ3v) is 3.79. The number of aliphatic hydroxyl groups excluding tert-OH is 1. The van der Waals surface area contributed by atoms with E-state index in [2.05, 4.69) is 15.0 Å². The topological polar surface area (TPSA) is 95.0 Å². The average molecular weight is 278 g/mol. The summed E-state index contributed by atoms with van der Waals surface area (Å²) in [6.07, 6.45) is 6.25. The van der Waals surface area contributed by atoms with Crippen LogP contribution in [0, 0.1) is 0 Å². The highest BCUT2D eigenvalue weighted by Gasteiger charge is 2.20. The number of nitrogens with two attached hydrogens (primary N) is 1. The minimum Gasteiger partial charge on any atom is -0.409 e. The van der Waals surface area contributed by atoms with E-state index in [0.717, 1.165) is 31.5 Å². The molecule has 1 saturated heterocycles. The van der Waals surface area contributed by atoms with Crippen molar-refractivity contribution in [3.05, 3.63) is 29.6 Å². The first-order valence-corrected chi connectivity index (χ1v) is 7.02. The number of hydrogen-bond donors (Lipinski definition) is 3. The van der Waals surface area contributed by atoms with Crippen molar-refractivity contribution in [2.45, 2.75) is 38.3 Å². The van der Waals surface area contributed by atoms with Crippen LogP contribution in [0.4, 0.5) is 0 Å². The van der Waals surface area contributed by atoms with Gasteiger partial charge >= 0.3 is 0 Å². The van der Waals surface area contributed by atoms with Crippen LogP contribution in [0.2, 0.25) is 0 Å². The Balaban J connectivity index is 2.11. The van der Waals surface area contributed by atoms with Crippen LogP contribution in [0.3, 0.4) is 0 Å². The van der Waals surface area contributed by atoms with E-state index in [1.807, 2.05) is 12.1 Å². The second-order valence-electron chi connectivity index (χ2n) is 5.19. The Morgan fingerprint density at radius 1 is 1.45 bits per heavy atom. The third kappa shape index (κ3) is 3.68. The van der Waals surface area contributed by atoms with Crippen molar-refractivity contribution in [1.29, 1.82) is 0 Å². The molecule has 1 aromatic heterocycles. The van der Waals surface area contributed by atoms with E-state index in [1.165, 1.54) is 12.8 Å². The zero-order chi connectivity index (χ0) is 14.4. The number of likely N-dealkylation sites (tertiary alicyclic amines) is 1. The molecule has 110 valence electrons. The molecule has 1 atom stereocenters. The van der Waals surface area contributed by atoms with Gasteiger partial charge in [0.1, 0.15) is 5.69 Å². The SMILES string of the molecule is N/C(=N/O)c1cc(CN2CCCCCC2CO)ccn1. The monoisotopic (exact) mass is 278 g/mol. The summed E-state index contributed by atoms with van der Waals surface area (Å²) in [5.74, 6) is 0.0152. The van der Waals surface area contributed by atoms with Crippen molar-refractivity contribution in [3.63, 3.8) is 0 Å². The molecule has 1 aromatic rings. The summed E-state index contributed by atoms with van der Waals surface area (Å²) in [6, 6.07) is 3.97. The molecule has 0 spiro atoms. The maximum absolute atomic E-state index is 9.52. The van der Waals surface area contributed by atoms with Crippen molar-refractivity contribution in [3.8, 4) is 0 Å². The van der Waals surface area contributed by atoms with Crippen molar-refractivity contribution in [2.75, 3.05) is 13.2 Å². The normalized spacial score (nSPS) is 21.6. The van der Waals surface area contributed by atoms with Gasteiger partial charge in [0.25, 0.3) is 0 Å². The quantitative estimate of drug-likeness (QED) is 0.329.